The fourth-order valence-electron chi connectivity index (χ4n) is 3.41. The number of rotatable bonds is 2. The Labute approximate surface area is 149 Å². The molecule has 0 amide bonds. The van der Waals surface area contributed by atoms with E-state index in [1.165, 1.54) is 16.7 Å². The van der Waals surface area contributed by atoms with E-state index in [2.05, 4.69) is 83.8 Å². The van der Waals surface area contributed by atoms with Gasteiger partial charge in [0.15, 0.2) is 0 Å². The molecule has 0 aromatic heterocycles. The van der Waals surface area contributed by atoms with Crippen LogP contribution in [-0.4, -0.2) is 18.0 Å². The van der Waals surface area contributed by atoms with Crippen LogP contribution in [0.15, 0.2) is 78.9 Å². The highest BCUT2D eigenvalue weighted by molar-refractivity contribution is 5.42. The first-order valence-corrected chi connectivity index (χ1v) is 8.98. The minimum absolute atomic E-state index is 0.983. The standard InChI is InChI=1S/C23H23NO/c1-2-8-19(9-3-1)18-24-16-14-20-10-4-6-12-22(20)25-23-13-7-5-11-21(23)15-17-24/h1-13H,14-18H2. The third-order valence-corrected chi connectivity index (χ3v) is 4.81. The predicted octanol–water partition coefficient (Wildman–Crippen LogP) is 5.08. The topological polar surface area (TPSA) is 12.5 Å². The van der Waals surface area contributed by atoms with Crippen LogP contribution in [0.5, 0.6) is 11.5 Å². The van der Waals surface area contributed by atoms with Gasteiger partial charge >= 0.3 is 0 Å². The summed E-state index contributed by atoms with van der Waals surface area (Å²) in [5.41, 5.74) is 3.92. The van der Waals surface area contributed by atoms with Gasteiger partial charge in [0.1, 0.15) is 11.5 Å². The van der Waals surface area contributed by atoms with Crippen LogP contribution in [0.4, 0.5) is 0 Å². The van der Waals surface area contributed by atoms with E-state index in [1.54, 1.807) is 0 Å². The molecule has 0 saturated carbocycles. The maximum Gasteiger partial charge on any atom is 0.130 e. The van der Waals surface area contributed by atoms with Crippen LogP contribution in [-0.2, 0) is 19.4 Å². The van der Waals surface area contributed by atoms with Crippen molar-refractivity contribution in [2.75, 3.05) is 13.1 Å². The van der Waals surface area contributed by atoms with Gasteiger partial charge in [0.05, 0.1) is 0 Å². The van der Waals surface area contributed by atoms with Gasteiger partial charge in [0, 0.05) is 19.6 Å². The van der Waals surface area contributed by atoms with Gasteiger partial charge in [0.2, 0.25) is 0 Å². The quantitative estimate of drug-likeness (QED) is 0.650. The van der Waals surface area contributed by atoms with Crippen molar-refractivity contribution < 1.29 is 4.74 Å². The van der Waals surface area contributed by atoms with Crippen molar-refractivity contribution in [2.24, 2.45) is 0 Å². The molecule has 0 N–H and O–H groups in total. The molecule has 3 aromatic carbocycles. The second-order valence-corrected chi connectivity index (χ2v) is 6.58. The Morgan fingerprint density at radius 3 is 1.76 bits per heavy atom. The van der Waals surface area contributed by atoms with Crippen LogP contribution < -0.4 is 4.74 Å². The summed E-state index contributed by atoms with van der Waals surface area (Å²) in [5.74, 6) is 1.97. The molecule has 0 radical (unpaired) electrons. The Morgan fingerprint density at radius 2 is 1.16 bits per heavy atom. The molecular formula is C23H23NO. The smallest absolute Gasteiger partial charge is 0.130 e. The van der Waals surface area contributed by atoms with Gasteiger partial charge in [-0.05, 0) is 41.7 Å². The predicted molar refractivity (Wildman–Crippen MR) is 102 cm³/mol. The van der Waals surface area contributed by atoms with Crippen molar-refractivity contribution in [1.29, 1.82) is 0 Å². The van der Waals surface area contributed by atoms with E-state index in [0.717, 1.165) is 44.0 Å². The van der Waals surface area contributed by atoms with Gasteiger partial charge in [-0.3, -0.25) is 4.90 Å². The van der Waals surface area contributed by atoms with Crippen molar-refractivity contribution in [3.8, 4) is 11.5 Å². The molecule has 0 saturated heterocycles. The van der Waals surface area contributed by atoms with Crippen LogP contribution in [0.3, 0.4) is 0 Å². The Kier molecular flexibility index (Phi) is 4.80. The molecule has 0 bridgehead atoms. The van der Waals surface area contributed by atoms with Gasteiger partial charge in [-0.25, -0.2) is 0 Å². The molecule has 1 heterocycles. The van der Waals surface area contributed by atoms with E-state index >= 15 is 0 Å². The first-order valence-electron chi connectivity index (χ1n) is 8.98. The monoisotopic (exact) mass is 329 g/mol. The van der Waals surface area contributed by atoms with E-state index in [1.807, 2.05) is 0 Å². The summed E-state index contributed by atoms with van der Waals surface area (Å²) >= 11 is 0. The number of hydrogen-bond acceptors (Lipinski definition) is 2. The zero-order valence-corrected chi connectivity index (χ0v) is 14.4. The minimum atomic E-state index is 0.983. The summed E-state index contributed by atoms with van der Waals surface area (Å²) in [6.45, 7) is 3.07. The van der Waals surface area contributed by atoms with Crippen molar-refractivity contribution >= 4 is 0 Å². The molecule has 1 aliphatic rings. The maximum absolute atomic E-state index is 6.25. The van der Waals surface area contributed by atoms with Crippen molar-refractivity contribution in [3.63, 3.8) is 0 Å². The Bertz CT molecular complexity index is 779. The number of benzene rings is 3. The lowest BCUT2D eigenvalue weighted by molar-refractivity contribution is 0.268. The van der Waals surface area contributed by atoms with Crippen molar-refractivity contribution in [2.45, 2.75) is 19.4 Å². The molecule has 0 spiro atoms. The van der Waals surface area contributed by atoms with E-state index in [9.17, 15) is 0 Å². The fourth-order valence-corrected chi connectivity index (χ4v) is 3.41. The normalized spacial score (nSPS) is 14.9. The molecule has 25 heavy (non-hydrogen) atoms. The lowest BCUT2D eigenvalue weighted by atomic mass is 10.1. The highest BCUT2D eigenvalue weighted by Crippen LogP contribution is 2.30. The third-order valence-electron chi connectivity index (χ3n) is 4.81. The van der Waals surface area contributed by atoms with Crippen LogP contribution >= 0.6 is 0 Å². The van der Waals surface area contributed by atoms with Crippen LogP contribution in [0.2, 0.25) is 0 Å². The number of ether oxygens (including phenoxy) is 1. The first kappa shape index (κ1) is 15.9. The van der Waals surface area contributed by atoms with E-state index in [0.29, 0.717) is 0 Å². The van der Waals surface area contributed by atoms with Gasteiger partial charge in [-0.15, -0.1) is 0 Å². The van der Waals surface area contributed by atoms with Gasteiger partial charge in [0.25, 0.3) is 0 Å². The van der Waals surface area contributed by atoms with E-state index < -0.39 is 0 Å². The lowest BCUT2D eigenvalue weighted by Gasteiger charge is -2.25. The second kappa shape index (κ2) is 7.54. The van der Waals surface area contributed by atoms with Gasteiger partial charge in [-0.2, -0.15) is 0 Å². The molecule has 1 aliphatic heterocycles. The SMILES string of the molecule is c1ccc(CN2CCc3ccccc3Oc3ccccc3CC2)cc1. The highest BCUT2D eigenvalue weighted by Gasteiger charge is 2.14. The third kappa shape index (κ3) is 3.92. The molecule has 126 valence electrons. The molecule has 0 atom stereocenters. The molecule has 0 aliphatic carbocycles. The number of nitrogens with zero attached hydrogens (tertiary/aromatic N) is 1. The molecule has 2 nitrogen and oxygen atoms in total. The number of fused-ring (bicyclic) bond motifs is 2. The number of hydrogen-bond donors (Lipinski definition) is 0. The summed E-state index contributed by atoms with van der Waals surface area (Å²) < 4.78 is 6.25. The first-order chi connectivity index (χ1) is 12.4. The van der Waals surface area contributed by atoms with Crippen molar-refractivity contribution in [3.05, 3.63) is 95.6 Å². The van der Waals surface area contributed by atoms with Gasteiger partial charge < -0.3 is 4.74 Å². The molecule has 4 rings (SSSR count). The van der Waals surface area contributed by atoms with E-state index in [-0.39, 0.29) is 0 Å². The Morgan fingerprint density at radius 1 is 0.640 bits per heavy atom. The van der Waals surface area contributed by atoms with Crippen LogP contribution in [0.25, 0.3) is 0 Å². The summed E-state index contributed by atoms with van der Waals surface area (Å²) in [6.07, 6.45) is 2.01. The summed E-state index contributed by atoms with van der Waals surface area (Å²) in [4.78, 5) is 2.55. The zero-order chi connectivity index (χ0) is 16.9. The highest BCUT2D eigenvalue weighted by atomic mass is 16.5. The Balaban J connectivity index is 1.63. The molecular weight excluding hydrogens is 306 g/mol. The van der Waals surface area contributed by atoms with Crippen molar-refractivity contribution in [1.82, 2.24) is 4.90 Å². The molecule has 0 unspecified atom stereocenters. The van der Waals surface area contributed by atoms with Crippen LogP contribution in [0.1, 0.15) is 16.7 Å². The van der Waals surface area contributed by atoms with E-state index in [4.69, 9.17) is 4.74 Å². The summed E-state index contributed by atoms with van der Waals surface area (Å²) in [7, 11) is 0. The maximum atomic E-state index is 6.25. The average Bonchev–Trinajstić information content (AvgIpc) is 2.67. The Hall–Kier alpha value is -2.58. The second-order valence-electron chi connectivity index (χ2n) is 6.58. The molecule has 0 fully saturated rings. The van der Waals surface area contributed by atoms with Gasteiger partial charge in [-0.1, -0.05) is 66.7 Å². The summed E-state index contributed by atoms with van der Waals surface area (Å²) in [5, 5.41) is 0. The largest absolute Gasteiger partial charge is 0.457 e. The minimum Gasteiger partial charge on any atom is -0.457 e. The average molecular weight is 329 g/mol. The fraction of sp³-hybridized carbons (Fsp3) is 0.217. The molecule has 3 aromatic rings. The summed E-state index contributed by atoms with van der Waals surface area (Å²) in [6, 6.07) is 27.6. The molecule has 2 heteroatoms. The van der Waals surface area contributed by atoms with Crippen LogP contribution in [0, 0.1) is 0 Å². The zero-order valence-electron chi connectivity index (χ0n) is 14.4. The lowest BCUT2D eigenvalue weighted by Crippen LogP contribution is -2.28. The number of para-hydroxylation sites is 2.